The van der Waals surface area contributed by atoms with Gasteiger partial charge >= 0.3 is 5.97 Å². The van der Waals surface area contributed by atoms with Crippen molar-refractivity contribution in [2.24, 2.45) is 0 Å². The van der Waals surface area contributed by atoms with Crippen LogP contribution in [0.3, 0.4) is 0 Å². The zero-order valence-electron chi connectivity index (χ0n) is 9.90. The molecule has 1 aromatic carbocycles. The minimum absolute atomic E-state index is 0.256. The van der Waals surface area contributed by atoms with Gasteiger partial charge < -0.3 is 5.11 Å². The van der Waals surface area contributed by atoms with Crippen molar-refractivity contribution in [3.05, 3.63) is 59.2 Å². The Morgan fingerprint density at radius 1 is 1.41 bits per heavy atom. The summed E-state index contributed by atoms with van der Waals surface area (Å²) in [6, 6.07) is 6.61. The second-order valence-electron chi connectivity index (χ2n) is 3.51. The minimum atomic E-state index is -0.935. The number of hydrogen-bond acceptors (Lipinski definition) is 1. The number of aromatic carboxylic acids is 1. The number of rotatable bonds is 2. The van der Waals surface area contributed by atoms with E-state index in [1.165, 1.54) is 0 Å². The van der Waals surface area contributed by atoms with Crippen LogP contribution < -0.4 is 0 Å². The highest BCUT2D eigenvalue weighted by Crippen LogP contribution is 2.04. The van der Waals surface area contributed by atoms with E-state index in [0.29, 0.717) is 5.56 Å². The summed E-state index contributed by atoms with van der Waals surface area (Å²) < 4.78 is 0. The maximum absolute atomic E-state index is 10.8. The van der Waals surface area contributed by atoms with Crippen LogP contribution >= 0.6 is 0 Å². The minimum Gasteiger partial charge on any atom is -0.478 e. The van der Waals surface area contributed by atoms with Crippen molar-refractivity contribution in [1.82, 2.24) is 0 Å². The summed E-state index contributed by atoms with van der Waals surface area (Å²) >= 11 is 0. The predicted octanol–water partition coefficient (Wildman–Crippen LogP) is 3.26. The number of carboxylic acid groups (broad SMARTS) is 1. The number of hydrogen-bond donors (Lipinski definition) is 1. The topological polar surface area (TPSA) is 37.3 Å². The first-order valence-electron chi connectivity index (χ1n) is 5.28. The standard InChI is InChI=1S/C15H14O2/c1-3-4-6-12(2)9-10-13-7-5-8-14(11-13)15(16)17/h3-8,11H,1-2H3,(H,16,17)/b4-3-,12-6+. The molecule has 17 heavy (non-hydrogen) atoms. The third-order valence-corrected chi connectivity index (χ3v) is 2.05. The van der Waals surface area contributed by atoms with E-state index >= 15 is 0 Å². The lowest BCUT2D eigenvalue weighted by atomic mass is 10.1. The van der Waals surface area contributed by atoms with Gasteiger partial charge in [0.25, 0.3) is 0 Å². The van der Waals surface area contributed by atoms with Gasteiger partial charge in [-0.05, 0) is 37.6 Å². The van der Waals surface area contributed by atoms with Gasteiger partial charge in [0, 0.05) is 5.56 Å². The van der Waals surface area contributed by atoms with Crippen LogP contribution in [-0.2, 0) is 0 Å². The fourth-order valence-electron chi connectivity index (χ4n) is 1.18. The maximum atomic E-state index is 10.8. The molecule has 1 N–H and O–H groups in total. The van der Waals surface area contributed by atoms with Crippen molar-refractivity contribution in [3.8, 4) is 11.8 Å². The highest BCUT2D eigenvalue weighted by atomic mass is 16.4. The lowest BCUT2D eigenvalue weighted by Crippen LogP contribution is -1.95. The Balaban J connectivity index is 2.92. The first-order valence-corrected chi connectivity index (χ1v) is 5.28. The van der Waals surface area contributed by atoms with E-state index in [0.717, 1.165) is 5.57 Å². The van der Waals surface area contributed by atoms with Crippen molar-refractivity contribution in [1.29, 1.82) is 0 Å². The summed E-state index contributed by atoms with van der Waals surface area (Å²) in [6.45, 7) is 3.85. The Morgan fingerprint density at radius 3 is 2.82 bits per heavy atom. The molecule has 0 bridgehead atoms. The van der Waals surface area contributed by atoms with Gasteiger partial charge in [-0.15, -0.1) is 0 Å². The summed E-state index contributed by atoms with van der Waals surface area (Å²) in [5.41, 5.74) is 1.90. The predicted molar refractivity (Wildman–Crippen MR) is 68.9 cm³/mol. The first-order chi connectivity index (χ1) is 8.13. The highest BCUT2D eigenvalue weighted by molar-refractivity contribution is 5.88. The van der Waals surface area contributed by atoms with Gasteiger partial charge in [-0.1, -0.05) is 36.1 Å². The maximum Gasteiger partial charge on any atom is 0.335 e. The molecule has 2 nitrogen and oxygen atoms in total. The van der Waals surface area contributed by atoms with Gasteiger partial charge in [-0.3, -0.25) is 0 Å². The normalized spacial score (nSPS) is 11.1. The lowest BCUT2D eigenvalue weighted by Gasteiger charge is -1.94. The summed E-state index contributed by atoms with van der Waals surface area (Å²) in [7, 11) is 0. The molecule has 0 aliphatic heterocycles. The van der Waals surface area contributed by atoms with Crippen LogP contribution in [0.5, 0.6) is 0 Å². The Bertz CT molecular complexity index is 525. The smallest absolute Gasteiger partial charge is 0.335 e. The van der Waals surface area contributed by atoms with Crippen molar-refractivity contribution < 1.29 is 9.90 Å². The molecule has 0 radical (unpaired) electrons. The van der Waals surface area contributed by atoms with Crippen LogP contribution in [0.25, 0.3) is 0 Å². The number of benzene rings is 1. The summed E-state index contributed by atoms with van der Waals surface area (Å²) in [6.07, 6.45) is 5.75. The van der Waals surface area contributed by atoms with Crippen LogP contribution in [0.1, 0.15) is 29.8 Å². The third kappa shape index (κ3) is 4.40. The molecule has 0 aromatic heterocycles. The largest absolute Gasteiger partial charge is 0.478 e. The van der Waals surface area contributed by atoms with E-state index < -0.39 is 5.97 Å². The molecule has 0 amide bonds. The highest BCUT2D eigenvalue weighted by Gasteiger charge is 2.00. The van der Waals surface area contributed by atoms with Gasteiger partial charge in [0.2, 0.25) is 0 Å². The molecule has 1 aromatic rings. The van der Waals surface area contributed by atoms with Gasteiger partial charge in [0.05, 0.1) is 5.56 Å². The molecular weight excluding hydrogens is 212 g/mol. The molecule has 0 saturated heterocycles. The molecule has 0 saturated carbocycles. The van der Waals surface area contributed by atoms with Crippen LogP contribution in [0, 0.1) is 11.8 Å². The van der Waals surface area contributed by atoms with E-state index in [4.69, 9.17) is 5.11 Å². The summed E-state index contributed by atoms with van der Waals surface area (Å²) in [5, 5.41) is 8.83. The molecular formula is C15H14O2. The molecule has 0 aliphatic rings. The molecule has 86 valence electrons. The molecule has 0 heterocycles. The summed E-state index contributed by atoms with van der Waals surface area (Å²) in [5.74, 6) is 4.96. The van der Waals surface area contributed by atoms with Gasteiger partial charge in [-0.25, -0.2) is 4.79 Å². The first kappa shape index (κ1) is 12.8. The van der Waals surface area contributed by atoms with Crippen LogP contribution in [0.2, 0.25) is 0 Å². The zero-order chi connectivity index (χ0) is 12.7. The van der Waals surface area contributed by atoms with E-state index in [2.05, 4.69) is 11.8 Å². The fraction of sp³-hybridized carbons (Fsp3) is 0.133. The van der Waals surface area contributed by atoms with E-state index in [1.807, 2.05) is 32.1 Å². The van der Waals surface area contributed by atoms with E-state index in [-0.39, 0.29) is 5.56 Å². The summed E-state index contributed by atoms with van der Waals surface area (Å²) in [4.78, 5) is 10.8. The van der Waals surface area contributed by atoms with Gasteiger partial charge in [0.1, 0.15) is 0 Å². The van der Waals surface area contributed by atoms with E-state index in [1.54, 1.807) is 24.3 Å². The van der Waals surface area contributed by atoms with Gasteiger partial charge in [-0.2, -0.15) is 0 Å². The second kappa shape index (κ2) is 6.34. The monoisotopic (exact) mass is 226 g/mol. The SMILES string of the molecule is C/C=C\C=C(/C)C#Cc1cccc(C(=O)O)c1. The van der Waals surface area contributed by atoms with Crippen molar-refractivity contribution in [3.63, 3.8) is 0 Å². The molecule has 2 heteroatoms. The third-order valence-electron chi connectivity index (χ3n) is 2.05. The number of carbonyl (C=O) groups is 1. The molecule has 0 spiro atoms. The Morgan fingerprint density at radius 2 is 2.18 bits per heavy atom. The van der Waals surface area contributed by atoms with Crippen molar-refractivity contribution in [2.45, 2.75) is 13.8 Å². The molecule has 0 atom stereocenters. The van der Waals surface area contributed by atoms with E-state index in [9.17, 15) is 4.79 Å². The molecule has 0 aliphatic carbocycles. The Hall–Kier alpha value is -2.27. The van der Waals surface area contributed by atoms with Crippen molar-refractivity contribution >= 4 is 5.97 Å². The Labute approximate surface area is 101 Å². The molecule has 0 unspecified atom stereocenters. The van der Waals surface area contributed by atoms with Crippen LogP contribution in [0.4, 0.5) is 0 Å². The zero-order valence-corrected chi connectivity index (χ0v) is 9.90. The number of carboxylic acids is 1. The lowest BCUT2D eigenvalue weighted by molar-refractivity contribution is 0.0697. The van der Waals surface area contributed by atoms with Gasteiger partial charge in [0.15, 0.2) is 0 Å². The average molecular weight is 226 g/mol. The molecule has 1 rings (SSSR count). The average Bonchev–Trinajstić information content (AvgIpc) is 2.34. The Kier molecular flexibility index (Phi) is 4.77. The van der Waals surface area contributed by atoms with Crippen molar-refractivity contribution in [2.75, 3.05) is 0 Å². The quantitative estimate of drug-likeness (QED) is 0.620. The fourth-order valence-corrected chi connectivity index (χ4v) is 1.18. The number of allylic oxidation sites excluding steroid dienone is 4. The van der Waals surface area contributed by atoms with Crippen LogP contribution in [0.15, 0.2) is 48.1 Å². The molecule has 0 fully saturated rings. The van der Waals surface area contributed by atoms with Crippen LogP contribution in [-0.4, -0.2) is 11.1 Å². The second-order valence-corrected chi connectivity index (χ2v) is 3.51.